The third-order valence-electron chi connectivity index (χ3n) is 4.34. The van der Waals surface area contributed by atoms with E-state index < -0.39 is 6.10 Å². The van der Waals surface area contributed by atoms with E-state index in [1.165, 1.54) is 0 Å². The van der Waals surface area contributed by atoms with Crippen molar-refractivity contribution in [3.63, 3.8) is 0 Å². The number of carbonyl (C=O) groups is 1. The lowest BCUT2D eigenvalue weighted by Gasteiger charge is -2.33. The number of aliphatic hydroxyl groups excluding tert-OH is 1. The van der Waals surface area contributed by atoms with Gasteiger partial charge in [-0.1, -0.05) is 30.4 Å². The molecule has 1 N–H and O–H groups in total. The second kappa shape index (κ2) is 7.67. The summed E-state index contributed by atoms with van der Waals surface area (Å²) in [5.41, 5.74) is 1.41. The maximum absolute atomic E-state index is 13.0. The molecule has 1 aliphatic carbocycles. The molecule has 2 atom stereocenters. The number of methoxy groups -OCH3 is 1. The van der Waals surface area contributed by atoms with Crippen LogP contribution < -0.4 is 4.74 Å². The molecule has 0 saturated heterocycles. The van der Waals surface area contributed by atoms with Crippen molar-refractivity contribution in [2.75, 3.05) is 7.11 Å². The summed E-state index contributed by atoms with van der Waals surface area (Å²) in [5, 5.41) is 10.8. The van der Waals surface area contributed by atoms with Gasteiger partial charge < -0.3 is 14.7 Å². The first-order valence-corrected chi connectivity index (χ1v) is 8.39. The van der Waals surface area contributed by atoms with Crippen LogP contribution in [0.2, 0.25) is 0 Å². The standard InChI is InChI=1S/C20H27NO3/c1-13(2)21(14(3)4)20(23)18-8-6-7-17(18)19(22)15-9-11-16(24-5)12-10-15/h6-14,17,19,22H,1-5H3. The highest BCUT2D eigenvalue weighted by atomic mass is 16.5. The lowest BCUT2D eigenvalue weighted by atomic mass is 9.90. The summed E-state index contributed by atoms with van der Waals surface area (Å²) in [5.74, 6) is 0.402. The Morgan fingerprint density at radius 2 is 1.71 bits per heavy atom. The van der Waals surface area contributed by atoms with Gasteiger partial charge in [0.05, 0.1) is 13.2 Å². The van der Waals surface area contributed by atoms with E-state index in [9.17, 15) is 9.90 Å². The summed E-state index contributed by atoms with van der Waals surface area (Å²) in [6, 6.07) is 7.52. The van der Waals surface area contributed by atoms with Crippen molar-refractivity contribution in [2.45, 2.75) is 45.9 Å². The summed E-state index contributed by atoms with van der Waals surface area (Å²) in [4.78, 5) is 14.8. The van der Waals surface area contributed by atoms with Crippen LogP contribution in [-0.4, -0.2) is 35.1 Å². The van der Waals surface area contributed by atoms with E-state index >= 15 is 0 Å². The van der Waals surface area contributed by atoms with E-state index in [-0.39, 0.29) is 23.9 Å². The second-order valence-corrected chi connectivity index (χ2v) is 6.65. The summed E-state index contributed by atoms with van der Waals surface area (Å²) < 4.78 is 5.15. The fraction of sp³-hybridized carbons (Fsp3) is 0.450. The summed E-state index contributed by atoms with van der Waals surface area (Å²) in [6.45, 7) is 8.04. The Morgan fingerprint density at radius 1 is 1.12 bits per heavy atom. The first kappa shape index (κ1) is 18.3. The SMILES string of the molecule is COc1ccc(C(O)C2C=CC=C2C(=O)N(C(C)C)C(C)C)cc1. The number of nitrogens with zero attached hydrogens (tertiary/aromatic N) is 1. The molecule has 1 aliphatic rings. The van der Waals surface area contributed by atoms with E-state index in [1.54, 1.807) is 7.11 Å². The van der Waals surface area contributed by atoms with Crippen LogP contribution >= 0.6 is 0 Å². The van der Waals surface area contributed by atoms with Gasteiger partial charge in [0.2, 0.25) is 0 Å². The van der Waals surface area contributed by atoms with Gasteiger partial charge in [-0.25, -0.2) is 0 Å². The molecule has 0 aliphatic heterocycles. The lowest BCUT2D eigenvalue weighted by molar-refractivity contribution is -0.131. The van der Waals surface area contributed by atoms with Crippen molar-refractivity contribution in [3.05, 3.63) is 53.6 Å². The van der Waals surface area contributed by atoms with Gasteiger partial charge in [0.15, 0.2) is 0 Å². The van der Waals surface area contributed by atoms with Crippen LogP contribution in [0.4, 0.5) is 0 Å². The van der Waals surface area contributed by atoms with Gasteiger partial charge in [0, 0.05) is 23.6 Å². The third-order valence-corrected chi connectivity index (χ3v) is 4.34. The van der Waals surface area contributed by atoms with Crippen LogP contribution in [-0.2, 0) is 4.79 Å². The zero-order valence-corrected chi connectivity index (χ0v) is 15.1. The molecule has 0 radical (unpaired) electrons. The highest BCUT2D eigenvalue weighted by molar-refractivity contribution is 5.96. The van der Waals surface area contributed by atoms with Crippen LogP contribution in [0.15, 0.2) is 48.1 Å². The molecule has 2 rings (SSSR count). The molecule has 130 valence electrons. The minimum Gasteiger partial charge on any atom is -0.497 e. The number of allylic oxidation sites excluding steroid dienone is 2. The molecule has 2 unspecified atom stereocenters. The maximum atomic E-state index is 13.0. The van der Waals surface area contributed by atoms with E-state index in [4.69, 9.17) is 4.74 Å². The number of benzene rings is 1. The fourth-order valence-corrected chi connectivity index (χ4v) is 3.21. The van der Waals surface area contributed by atoms with Crippen molar-refractivity contribution in [2.24, 2.45) is 5.92 Å². The number of carbonyl (C=O) groups excluding carboxylic acids is 1. The average molecular weight is 329 g/mol. The van der Waals surface area contributed by atoms with E-state index in [0.717, 1.165) is 11.3 Å². The Kier molecular flexibility index (Phi) is 5.84. The van der Waals surface area contributed by atoms with Crippen molar-refractivity contribution >= 4 is 5.91 Å². The molecule has 0 fully saturated rings. The molecule has 0 aromatic heterocycles. The predicted octanol–water partition coefficient (Wildman–Crippen LogP) is 3.49. The molecule has 4 heteroatoms. The summed E-state index contributed by atoms with van der Waals surface area (Å²) in [7, 11) is 1.61. The van der Waals surface area contributed by atoms with Gasteiger partial charge >= 0.3 is 0 Å². The molecule has 0 bridgehead atoms. The van der Waals surface area contributed by atoms with Crippen molar-refractivity contribution in [1.29, 1.82) is 0 Å². The monoisotopic (exact) mass is 329 g/mol. The van der Waals surface area contributed by atoms with Gasteiger partial charge in [-0.05, 0) is 45.4 Å². The zero-order valence-electron chi connectivity index (χ0n) is 15.1. The van der Waals surface area contributed by atoms with Gasteiger partial charge in [-0.2, -0.15) is 0 Å². The van der Waals surface area contributed by atoms with E-state index in [2.05, 4.69) is 0 Å². The first-order valence-electron chi connectivity index (χ1n) is 8.39. The Hall–Kier alpha value is -2.07. The number of ether oxygens (including phenoxy) is 1. The summed E-state index contributed by atoms with van der Waals surface area (Å²) in [6.07, 6.45) is 4.80. The summed E-state index contributed by atoms with van der Waals surface area (Å²) >= 11 is 0. The first-order chi connectivity index (χ1) is 11.4. The van der Waals surface area contributed by atoms with Crippen LogP contribution in [0.25, 0.3) is 0 Å². The van der Waals surface area contributed by atoms with Gasteiger partial charge in [0.1, 0.15) is 5.75 Å². The lowest BCUT2D eigenvalue weighted by Crippen LogP contribution is -2.43. The Balaban J connectivity index is 2.22. The second-order valence-electron chi connectivity index (χ2n) is 6.65. The smallest absolute Gasteiger partial charge is 0.250 e. The van der Waals surface area contributed by atoms with Crippen molar-refractivity contribution in [1.82, 2.24) is 4.90 Å². The van der Waals surface area contributed by atoms with Crippen LogP contribution in [0.3, 0.4) is 0 Å². The Morgan fingerprint density at radius 3 is 2.21 bits per heavy atom. The molecule has 0 heterocycles. The highest BCUT2D eigenvalue weighted by Gasteiger charge is 2.33. The van der Waals surface area contributed by atoms with Crippen LogP contribution in [0.1, 0.15) is 39.4 Å². The fourth-order valence-electron chi connectivity index (χ4n) is 3.21. The number of hydrogen-bond donors (Lipinski definition) is 1. The van der Waals surface area contributed by atoms with Crippen molar-refractivity contribution < 1.29 is 14.6 Å². The van der Waals surface area contributed by atoms with Gasteiger partial charge in [-0.3, -0.25) is 4.79 Å². The van der Waals surface area contributed by atoms with Gasteiger partial charge in [0.25, 0.3) is 5.91 Å². The molecular formula is C20H27NO3. The largest absolute Gasteiger partial charge is 0.497 e. The molecule has 0 spiro atoms. The maximum Gasteiger partial charge on any atom is 0.250 e. The molecule has 1 aromatic carbocycles. The third kappa shape index (κ3) is 3.70. The average Bonchev–Trinajstić information content (AvgIpc) is 3.03. The topological polar surface area (TPSA) is 49.8 Å². The van der Waals surface area contributed by atoms with Crippen LogP contribution in [0.5, 0.6) is 5.75 Å². The molecule has 0 saturated carbocycles. The molecule has 1 amide bonds. The number of hydrogen-bond acceptors (Lipinski definition) is 3. The molecule has 24 heavy (non-hydrogen) atoms. The van der Waals surface area contributed by atoms with E-state index in [0.29, 0.717) is 5.57 Å². The number of aliphatic hydroxyl groups is 1. The molecular weight excluding hydrogens is 302 g/mol. The Bertz CT molecular complexity index is 621. The number of amides is 1. The quantitative estimate of drug-likeness (QED) is 0.869. The van der Waals surface area contributed by atoms with Crippen LogP contribution in [0, 0.1) is 5.92 Å². The highest BCUT2D eigenvalue weighted by Crippen LogP contribution is 2.34. The zero-order chi connectivity index (χ0) is 17.9. The minimum absolute atomic E-state index is 0.0115. The normalized spacial score (nSPS) is 18.0. The van der Waals surface area contributed by atoms with E-state index in [1.807, 2.05) is 75.1 Å². The number of rotatable bonds is 6. The minimum atomic E-state index is -0.758. The molecule has 4 nitrogen and oxygen atoms in total. The van der Waals surface area contributed by atoms with Gasteiger partial charge in [-0.15, -0.1) is 0 Å². The Labute approximate surface area is 144 Å². The predicted molar refractivity (Wildman–Crippen MR) is 95.8 cm³/mol. The molecule has 1 aromatic rings. The van der Waals surface area contributed by atoms with Crippen molar-refractivity contribution in [3.8, 4) is 5.75 Å².